The van der Waals surface area contributed by atoms with Gasteiger partial charge in [-0.1, -0.05) is 28.9 Å². The van der Waals surface area contributed by atoms with E-state index in [1.807, 2.05) is 6.08 Å². The highest BCUT2D eigenvalue weighted by molar-refractivity contribution is 5.06. The molecule has 0 saturated heterocycles. The SMILES string of the molecule is CC(C)=CCC/C(C)=C/CC/C(C)=C/C[N+]#[14C-]. The highest BCUT2D eigenvalue weighted by atomic mass is 14.8. The molecule has 0 heterocycles. The van der Waals surface area contributed by atoms with Crippen LogP contribution in [0.15, 0.2) is 34.9 Å². The van der Waals surface area contributed by atoms with E-state index < -0.39 is 0 Å². The first-order valence-electron chi connectivity index (χ1n) is 6.34. The van der Waals surface area contributed by atoms with Gasteiger partial charge >= 0.3 is 0 Å². The van der Waals surface area contributed by atoms with Crippen molar-refractivity contribution in [2.24, 2.45) is 0 Å². The molecule has 1 heteroatoms. The van der Waals surface area contributed by atoms with Crippen LogP contribution in [-0.2, 0) is 0 Å². The van der Waals surface area contributed by atoms with Crippen LogP contribution in [0.3, 0.4) is 0 Å². The second kappa shape index (κ2) is 9.90. The number of hydrogen-bond donors (Lipinski definition) is 0. The van der Waals surface area contributed by atoms with Gasteiger partial charge in [0.25, 0.3) is 0 Å². The number of allylic oxidation sites excluding steroid dienone is 5. The van der Waals surface area contributed by atoms with Crippen molar-refractivity contribution in [3.05, 3.63) is 46.4 Å². The van der Waals surface area contributed by atoms with Crippen molar-refractivity contribution in [1.29, 1.82) is 0 Å². The standard InChI is InChI=1S/C16H25N/c1-14(2)8-6-9-15(3)10-7-11-16(4)12-13-17-5/h8,10,12H,6-7,9,11,13H2,1-4H3/b15-10+,16-12+/i5+2. The summed E-state index contributed by atoms with van der Waals surface area (Å²) in [4.78, 5) is 3.33. The molecule has 0 aliphatic rings. The zero-order valence-corrected chi connectivity index (χ0v) is 11.7. The smallest absolute Gasteiger partial charge is 0.233 e. The van der Waals surface area contributed by atoms with E-state index in [-0.39, 0.29) is 0 Å². The minimum Gasteiger partial charge on any atom is -0.312 e. The summed E-state index contributed by atoms with van der Waals surface area (Å²) in [6, 6.07) is 0. The zero-order valence-electron chi connectivity index (χ0n) is 11.7. The molecule has 0 amide bonds. The Morgan fingerprint density at radius 2 is 1.41 bits per heavy atom. The number of rotatable bonds is 7. The minimum atomic E-state index is 0.523. The largest absolute Gasteiger partial charge is 0.312 e. The molecule has 0 atom stereocenters. The molecule has 0 aromatic carbocycles. The topological polar surface area (TPSA) is 4.36 Å². The van der Waals surface area contributed by atoms with Crippen LogP contribution in [-0.4, -0.2) is 6.54 Å². The van der Waals surface area contributed by atoms with E-state index in [4.69, 9.17) is 6.57 Å². The van der Waals surface area contributed by atoms with Crippen LogP contribution in [0.25, 0.3) is 4.85 Å². The van der Waals surface area contributed by atoms with Crippen LogP contribution in [0.2, 0.25) is 0 Å². The van der Waals surface area contributed by atoms with Gasteiger partial charge in [-0.25, -0.2) is 6.57 Å². The fraction of sp³-hybridized carbons (Fsp3) is 0.562. The maximum atomic E-state index is 6.71. The molecule has 0 aromatic rings. The molecule has 0 rings (SSSR count). The molecule has 0 aromatic heterocycles. The average molecular weight is 233 g/mol. The molecule has 0 aliphatic heterocycles. The van der Waals surface area contributed by atoms with Crippen LogP contribution >= 0.6 is 0 Å². The van der Waals surface area contributed by atoms with Gasteiger partial charge in [0.15, 0.2) is 0 Å². The van der Waals surface area contributed by atoms with Crippen LogP contribution < -0.4 is 0 Å². The molecule has 0 radical (unpaired) electrons. The maximum Gasteiger partial charge on any atom is 0.233 e. The minimum absolute atomic E-state index is 0.523. The lowest BCUT2D eigenvalue weighted by Gasteiger charge is -2.00. The van der Waals surface area contributed by atoms with Gasteiger partial charge in [0, 0.05) is 0 Å². The second-order valence-electron chi connectivity index (χ2n) is 4.80. The Morgan fingerprint density at radius 3 is 1.94 bits per heavy atom. The first-order valence-corrected chi connectivity index (χ1v) is 6.34. The van der Waals surface area contributed by atoms with E-state index in [1.54, 1.807) is 0 Å². The van der Waals surface area contributed by atoms with E-state index in [9.17, 15) is 0 Å². The Hall–Kier alpha value is -1.29. The molecule has 0 bridgehead atoms. The molecule has 0 spiro atoms. The van der Waals surface area contributed by atoms with Crippen LogP contribution in [0, 0.1) is 6.57 Å². The molecule has 0 saturated carbocycles. The Bertz CT molecular complexity index is 333. The summed E-state index contributed by atoms with van der Waals surface area (Å²) in [5, 5.41) is 0. The van der Waals surface area contributed by atoms with Gasteiger partial charge in [0.1, 0.15) is 0 Å². The summed E-state index contributed by atoms with van der Waals surface area (Å²) in [7, 11) is 0. The van der Waals surface area contributed by atoms with Crippen molar-refractivity contribution in [1.82, 2.24) is 0 Å². The fourth-order valence-corrected chi connectivity index (χ4v) is 1.54. The third kappa shape index (κ3) is 11.0. The van der Waals surface area contributed by atoms with Crippen LogP contribution in [0.1, 0.15) is 53.4 Å². The monoisotopic (exact) mass is 233 g/mol. The molecule has 0 aliphatic carbocycles. The van der Waals surface area contributed by atoms with Crippen molar-refractivity contribution in [2.75, 3.05) is 6.54 Å². The van der Waals surface area contributed by atoms with E-state index >= 15 is 0 Å². The van der Waals surface area contributed by atoms with E-state index in [2.05, 4.69) is 44.7 Å². The van der Waals surface area contributed by atoms with Crippen molar-refractivity contribution >= 4 is 0 Å². The lowest BCUT2D eigenvalue weighted by atomic mass is 10.1. The normalized spacial score (nSPS) is 12.2. The van der Waals surface area contributed by atoms with Crippen LogP contribution in [0.4, 0.5) is 0 Å². The van der Waals surface area contributed by atoms with Crippen molar-refractivity contribution in [2.45, 2.75) is 53.4 Å². The van der Waals surface area contributed by atoms with Gasteiger partial charge in [-0.3, -0.25) is 0 Å². The first kappa shape index (κ1) is 15.7. The average Bonchev–Trinajstić information content (AvgIpc) is 2.25. The third-order valence-electron chi connectivity index (χ3n) is 2.65. The summed E-state index contributed by atoms with van der Waals surface area (Å²) >= 11 is 0. The molecule has 0 unspecified atom stereocenters. The summed E-state index contributed by atoms with van der Waals surface area (Å²) < 4.78 is 0. The molecular formula is C16H25N. The summed E-state index contributed by atoms with van der Waals surface area (Å²) in [5.41, 5.74) is 4.20. The van der Waals surface area contributed by atoms with Gasteiger partial charge in [0.05, 0.1) is 0 Å². The summed E-state index contributed by atoms with van der Waals surface area (Å²) in [5.74, 6) is 0. The summed E-state index contributed by atoms with van der Waals surface area (Å²) in [6.07, 6.45) is 11.1. The lowest BCUT2D eigenvalue weighted by Crippen LogP contribution is -1.81. The highest BCUT2D eigenvalue weighted by Crippen LogP contribution is 2.11. The third-order valence-corrected chi connectivity index (χ3v) is 2.65. The predicted molar refractivity (Wildman–Crippen MR) is 76.9 cm³/mol. The van der Waals surface area contributed by atoms with Gasteiger partial charge in [-0.2, -0.15) is 0 Å². The van der Waals surface area contributed by atoms with E-state index in [0.29, 0.717) is 6.54 Å². The Kier molecular flexibility index (Phi) is 9.15. The Labute approximate surface area is 107 Å². The highest BCUT2D eigenvalue weighted by Gasteiger charge is 1.92. The fourth-order valence-electron chi connectivity index (χ4n) is 1.54. The molecular weight excluding hydrogens is 208 g/mol. The van der Waals surface area contributed by atoms with E-state index in [1.165, 1.54) is 16.7 Å². The zero-order chi connectivity index (χ0) is 13.1. The number of hydrogen-bond acceptors (Lipinski definition) is 0. The predicted octanol–water partition coefficient (Wildman–Crippen LogP) is 5.32. The second-order valence-corrected chi connectivity index (χ2v) is 4.80. The van der Waals surface area contributed by atoms with Gasteiger partial charge < -0.3 is 4.85 Å². The summed E-state index contributed by atoms with van der Waals surface area (Å²) in [6.45, 7) is 15.8. The maximum absolute atomic E-state index is 6.71. The molecule has 17 heavy (non-hydrogen) atoms. The molecule has 94 valence electrons. The van der Waals surface area contributed by atoms with Crippen molar-refractivity contribution < 1.29 is 0 Å². The Balaban J connectivity index is 3.85. The Morgan fingerprint density at radius 1 is 0.882 bits per heavy atom. The van der Waals surface area contributed by atoms with E-state index in [0.717, 1.165) is 25.7 Å². The van der Waals surface area contributed by atoms with Crippen LogP contribution in [0.5, 0.6) is 0 Å². The van der Waals surface area contributed by atoms with Crippen molar-refractivity contribution in [3.63, 3.8) is 0 Å². The molecule has 1 nitrogen and oxygen atoms in total. The quantitative estimate of drug-likeness (QED) is 0.414. The van der Waals surface area contributed by atoms with Gasteiger partial charge in [0.2, 0.25) is 6.54 Å². The molecule has 0 N–H and O–H groups in total. The first-order chi connectivity index (χ1) is 8.06. The molecule has 0 fully saturated rings. The van der Waals surface area contributed by atoms with Gasteiger partial charge in [-0.15, -0.1) is 0 Å². The lowest BCUT2D eigenvalue weighted by molar-refractivity contribution is 0.916. The van der Waals surface area contributed by atoms with Gasteiger partial charge in [-0.05, 0) is 59.5 Å². The van der Waals surface area contributed by atoms with Crippen molar-refractivity contribution in [3.8, 4) is 0 Å². The number of nitrogens with zero attached hydrogens (tertiary/aromatic N) is 1.